The van der Waals surface area contributed by atoms with Crippen molar-refractivity contribution in [3.63, 3.8) is 0 Å². The van der Waals surface area contributed by atoms with Gasteiger partial charge in [-0.25, -0.2) is 8.42 Å². The third-order valence-electron chi connectivity index (χ3n) is 5.21. The molecule has 2 aromatic carbocycles. The van der Waals surface area contributed by atoms with Gasteiger partial charge in [-0.15, -0.1) is 4.83 Å². The Hall–Kier alpha value is -2.72. The second kappa shape index (κ2) is 10.3. The zero-order valence-corrected chi connectivity index (χ0v) is 19.2. The lowest BCUT2D eigenvalue weighted by Gasteiger charge is -2.29. The van der Waals surface area contributed by atoms with Gasteiger partial charge in [0.1, 0.15) is 0 Å². The van der Waals surface area contributed by atoms with Crippen molar-refractivity contribution in [1.29, 1.82) is 0 Å². The van der Waals surface area contributed by atoms with E-state index in [0.29, 0.717) is 18.0 Å². The molecule has 2 aromatic rings. The van der Waals surface area contributed by atoms with Crippen LogP contribution in [0, 0.1) is 0 Å². The molecular weight excluding hydrogens is 452 g/mol. The van der Waals surface area contributed by atoms with Gasteiger partial charge in [-0.1, -0.05) is 41.4 Å². The fourth-order valence-corrected chi connectivity index (χ4v) is 4.64. The maximum atomic E-state index is 12.9. The van der Waals surface area contributed by atoms with Gasteiger partial charge in [0.2, 0.25) is 5.91 Å². The van der Waals surface area contributed by atoms with Crippen LogP contribution in [0.5, 0.6) is 0 Å². The molecule has 0 saturated carbocycles. The molecule has 0 aromatic heterocycles. The summed E-state index contributed by atoms with van der Waals surface area (Å²) in [5.41, 5.74) is 8.42. The number of benzene rings is 2. The van der Waals surface area contributed by atoms with E-state index in [1.807, 2.05) is 0 Å². The summed E-state index contributed by atoms with van der Waals surface area (Å²) in [4.78, 5) is 27.9. The minimum atomic E-state index is -3.91. The van der Waals surface area contributed by atoms with Gasteiger partial charge in [0.25, 0.3) is 15.9 Å². The molecular formula is C22H25ClN4O4S. The number of rotatable bonds is 8. The monoisotopic (exact) mass is 476 g/mol. The first-order chi connectivity index (χ1) is 15.2. The number of hydrogen-bond donors (Lipinski definition) is 3. The molecule has 1 aliphatic rings. The fraction of sp³-hybridized carbons (Fsp3) is 0.273. The molecule has 0 saturated heterocycles. The van der Waals surface area contributed by atoms with Crippen molar-refractivity contribution in [2.75, 3.05) is 6.54 Å². The van der Waals surface area contributed by atoms with Gasteiger partial charge in [-0.3, -0.25) is 14.6 Å². The molecule has 0 atom stereocenters. The number of hydrazine groups is 1. The van der Waals surface area contributed by atoms with Gasteiger partial charge >= 0.3 is 0 Å². The smallest absolute Gasteiger partial charge is 0.265 e. The number of halogens is 1. The summed E-state index contributed by atoms with van der Waals surface area (Å²) in [5.74, 6) is -0.891. The summed E-state index contributed by atoms with van der Waals surface area (Å²) in [6, 6.07) is 13.1. The molecule has 0 fully saturated rings. The number of sulfonamides is 1. The molecule has 0 aliphatic carbocycles. The number of nitrogens with two attached hydrogens (primary N) is 1. The zero-order chi connectivity index (χ0) is 23.3. The summed E-state index contributed by atoms with van der Waals surface area (Å²) in [7, 11) is -3.91. The second-order valence-corrected chi connectivity index (χ2v) is 9.54. The van der Waals surface area contributed by atoms with E-state index in [1.165, 1.54) is 12.1 Å². The van der Waals surface area contributed by atoms with Crippen LogP contribution in [0.3, 0.4) is 0 Å². The lowest BCUT2D eigenvalue weighted by molar-refractivity contribution is -0.131. The van der Waals surface area contributed by atoms with Gasteiger partial charge in [0, 0.05) is 30.2 Å². The normalized spacial score (nSPS) is 14.6. The molecule has 0 unspecified atom stereocenters. The van der Waals surface area contributed by atoms with Crippen LogP contribution in [-0.2, 0) is 32.7 Å². The summed E-state index contributed by atoms with van der Waals surface area (Å²) >= 11 is 6.03. The molecule has 1 heterocycles. The Morgan fingerprint density at radius 3 is 2.56 bits per heavy atom. The first-order valence-electron chi connectivity index (χ1n) is 10.0. The van der Waals surface area contributed by atoms with Gasteiger partial charge in [-0.05, 0) is 48.7 Å². The molecule has 10 heteroatoms. The van der Waals surface area contributed by atoms with Crippen LogP contribution in [0.4, 0.5) is 0 Å². The minimum Gasteiger partial charge on any atom is -0.352 e. The van der Waals surface area contributed by atoms with Crippen molar-refractivity contribution in [3.05, 3.63) is 75.8 Å². The Kier molecular flexibility index (Phi) is 7.68. The lowest BCUT2D eigenvalue weighted by atomic mass is 9.98. The molecule has 4 N–H and O–H groups in total. The van der Waals surface area contributed by atoms with E-state index >= 15 is 0 Å². The van der Waals surface area contributed by atoms with E-state index < -0.39 is 15.9 Å². The molecule has 32 heavy (non-hydrogen) atoms. The van der Waals surface area contributed by atoms with E-state index in [0.717, 1.165) is 21.7 Å². The molecule has 1 aliphatic heterocycles. The van der Waals surface area contributed by atoms with Crippen LogP contribution in [0.15, 0.2) is 64.6 Å². The molecule has 0 radical (unpaired) electrons. The largest absolute Gasteiger partial charge is 0.352 e. The van der Waals surface area contributed by atoms with Crippen LogP contribution in [0.2, 0.25) is 5.02 Å². The number of amides is 2. The number of nitrogens with zero attached hydrogens (tertiary/aromatic N) is 1. The zero-order valence-electron chi connectivity index (χ0n) is 17.6. The van der Waals surface area contributed by atoms with Crippen LogP contribution in [-0.4, -0.2) is 31.8 Å². The maximum Gasteiger partial charge on any atom is 0.265 e. The number of hydrogen-bond acceptors (Lipinski definition) is 5. The van der Waals surface area contributed by atoms with Crippen molar-refractivity contribution < 1.29 is 18.0 Å². The van der Waals surface area contributed by atoms with E-state index in [2.05, 4.69) is 10.1 Å². The highest BCUT2D eigenvalue weighted by molar-refractivity contribution is 7.89. The van der Waals surface area contributed by atoms with Crippen LogP contribution < -0.4 is 15.9 Å². The number of nitrogens with one attached hydrogen (secondary N) is 2. The highest BCUT2D eigenvalue weighted by Crippen LogP contribution is 2.22. The quantitative estimate of drug-likeness (QED) is 0.539. The molecule has 0 spiro atoms. The topological polar surface area (TPSA) is 122 Å². The standard InChI is InChI=1S/C22H25ClN4O4S/c1-15-9-10-27(26-32(30,31)19-5-3-2-4-6-19)22(29)20(15)12-21(28)25-14-17-11-18(23)8-7-16(17)13-24/h2-8,11,26H,9-10,12-14,24H2,1H3,(H,25,28). The molecule has 3 rings (SSSR count). The highest BCUT2D eigenvalue weighted by Gasteiger charge is 2.30. The Morgan fingerprint density at radius 1 is 1.16 bits per heavy atom. The molecule has 0 bridgehead atoms. The van der Waals surface area contributed by atoms with E-state index in [4.69, 9.17) is 17.3 Å². The molecule has 2 amide bonds. The number of carbonyl (C=O) groups is 2. The van der Waals surface area contributed by atoms with Crippen molar-refractivity contribution in [1.82, 2.24) is 15.2 Å². The number of carbonyl (C=O) groups excluding carboxylic acids is 2. The molecule has 170 valence electrons. The average Bonchev–Trinajstić information content (AvgIpc) is 2.78. The van der Waals surface area contributed by atoms with Crippen molar-refractivity contribution in [3.8, 4) is 0 Å². The highest BCUT2D eigenvalue weighted by atomic mass is 35.5. The van der Waals surface area contributed by atoms with E-state index in [-0.39, 0.29) is 35.9 Å². The summed E-state index contributed by atoms with van der Waals surface area (Å²) in [6.45, 7) is 2.48. The Balaban J connectivity index is 1.66. The SMILES string of the molecule is CC1=C(CC(=O)NCc2cc(Cl)ccc2CN)C(=O)N(NS(=O)(=O)c2ccccc2)CC1. The maximum absolute atomic E-state index is 12.9. The minimum absolute atomic E-state index is 0.0515. The fourth-order valence-electron chi connectivity index (χ4n) is 3.36. The lowest BCUT2D eigenvalue weighted by Crippen LogP contribution is -2.49. The van der Waals surface area contributed by atoms with E-state index in [9.17, 15) is 18.0 Å². The van der Waals surface area contributed by atoms with Crippen molar-refractivity contribution in [2.24, 2.45) is 5.73 Å². The third-order valence-corrected chi connectivity index (χ3v) is 6.80. The summed E-state index contributed by atoms with van der Waals surface area (Å²) in [6.07, 6.45) is 0.296. The summed E-state index contributed by atoms with van der Waals surface area (Å²) in [5, 5.41) is 4.36. The first-order valence-corrected chi connectivity index (χ1v) is 11.9. The van der Waals surface area contributed by atoms with Gasteiger partial charge < -0.3 is 11.1 Å². The van der Waals surface area contributed by atoms with E-state index in [1.54, 1.807) is 43.3 Å². The van der Waals surface area contributed by atoms with Crippen LogP contribution in [0.25, 0.3) is 0 Å². The predicted octanol–water partition coefficient (Wildman–Crippen LogP) is 2.25. The van der Waals surface area contributed by atoms with Crippen LogP contribution in [0.1, 0.15) is 30.9 Å². The predicted molar refractivity (Wildman–Crippen MR) is 122 cm³/mol. The Morgan fingerprint density at radius 2 is 1.88 bits per heavy atom. The van der Waals surface area contributed by atoms with Crippen molar-refractivity contribution in [2.45, 2.75) is 37.8 Å². The summed E-state index contributed by atoms with van der Waals surface area (Å²) < 4.78 is 25.2. The van der Waals surface area contributed by atoms with Crippen molar-refractivity contribution >= 4 is 33.4 Å². The average molecular weight is 477 g/mol. The van der Waals surface area contributed by atoms with Crippen LogP contribution >= 0.6 is 11.6 Å². The molecule has 8 nitrogen and oxygen atoms in total. The first kappa shape index (κ1) is 23.9. The Bertz CT molecular complexity index is 1150. The van der Waals surface area contributed by atoms with Gasteiger partial charge in [-0.2, -0.15) is 0 Å². The second-order valence-electron chi connectivity index (χ2n) is 7.44. The third kappa shape index (κ3) is 5.74. The van der Waals surface area contributed by atoms with Gasteiger partial charge in [0.15, 0.2) is 0 Å². The Labute approximate surface area is 192 Å². The van der Waals surface area contributed by atoms with Gasteiger partial charge in [0.05, 0.1) is 11.3 Å².